The van der Waals surface area contributed by atoms with Crippen LogP contribution in [0.4, 0.5) is 8.78 Å². The standard InChI is InChI=1S/C24H25F2N3O3/c1-16-20(10-12-23(30)27-15-19-8-5-13-31-19)24(29(28-16)18-6-3-2-4-7-18)32-22-11-9-17(25)14-21(22)26/h2-4,6-7,9,11,14,19H,5,8,10,12-13,15H2,1H3,(H,27,30). The Morgan fingerprint density at radius 3 is 2.78 bits per heavy atom. The van der Waals surface area contributed by atoms with E-state index in [0.717, 1.165) is 37.3 Å². The lowest BCUT2D eigenvalue weighted by molar-refractivity contribution is -0.121. The fraction of sp³-hybridized carbons (Fsp3) is 0.333. The topological polar surface area (TPSA) is 65.4 Å². The van der Waals surface area contributed by atoms with Crippen molar-refractivity contribution in [2.45, 2.75) is 38.7 Å². The summed E-state index contributed by atoms with van der Waals surface area (Å²) in [6.45, 7) is 3.04. The number of hydrogen-bond acceptors (Lipinski definition) is 4. The normalized spacial score (nSPS) is 15.7. The van der Waals surface area contributed by atoms with E-state index in [1.807, 2.05) is 37.3 Å². The summed E-state index contributed by atoms with van der Waals surface area (Å²) in [7, 11) is 0. The number of carbonyl (C=O) groups is 1. The molecule has 0 saturated carbocycles. The SMILES string of the molecule is Cc1nn(-c2ccccc2)c(Oc2ccc(F)cc2F)c1CCC(=O)NCC1CCCO1. The minimum Gasteiger partial charge on any atom is -0.436 e. The first-order valence-electron chi connectivity index (χ1n) is 10.7. The minimum atomic E-state index is -0.816. The molecule has 1 saturated heterocycles. The highest BCUT2D eigenvalue weighted by Crippen LogP contribution is 2.33. The van der Waals surface area contributed by atoms with Crippen LogP contribution in [0.15, 0.2) is 48.5 Å². The Morgan fingerprint density at radius 1 is 1.25 bits per heavy atom. The fourth-order valence-corrected chi connectivity index (χ4v) is 3.70. The molecule has 6 nitrogen and oxygen atoms in total. The highest BCUT2D eigenvalue weighted by atomic mass is 19.1. The van der Waals surface area contributed by atoms with E-state index < -0.39 is 11.6 Å². The summed E-state index contributed by atoms with van der Waals surface area (Å²) in [6.07, 6.45) is 2.61. The lowest BCUT2D eigenvalue weighted by Crippen LogP contribution is -2.31. The van der Waals surface area contributed by atoms with Gasteiger partial charge in [0.1, 0.15) is 5.82 Å². The third kappa shape index (κ3) is 5.13. The Labute approximate surface area is 185 Å². The number of para-hydroxylation sites is 1. The van der Waals surface area contributed by atoms with E-state index in [1.165, 1.54) is 6.07 Å². The number of ether oxygens (including phenoxy) is 2. The minimum absolute atomic E-state index is 0.0712. The molecule has 0 bridgehead atoms. The number of nitrogens with zero attached hydrogens (tertiary/aromatic N) is 2. The van der Waals surface area contributed by atoms with Gasteiger partial charge in [-0.15, -0.1) is 0 Å². The van der Waals surface area contributed by atoms with Crippen LogP contribution >= 0.6 is 0 Å². The quantitative estimate of drug-likeness (QED) is 0.560. The predicted molar refractivity (Wildman–Crippen MR) is 115 cm³/mol. The zero-order valence-corrected chi connectivity index (χ0v) is 17.8. The third-order valence-corrected chi connectivity index (χ3v) is 5.39. The molecular weight excluding hydrogens is 416 g/mol. The molecule has 1 aliphatic rings. The summed E-state index contributed by atoms with van der Waals surface area (Å²) in [5.74, 6) is -1.43. The lowest BCUT2D eigenvalue weighted by Gasteiger charge is -2.13. The Kier molecular flexibility index (Phi) is 6.80. The van der Waals surface area contributed by atoms with Gasteiger partial charge in [0.15, 0.2) is 11.6 Å². The van der Waals surface area contributed by atoms with Crippen molar-refractivity contribution < 1.29 is 23.0 Å². The van der Waals surface area contributed by atoms with Gasteiger partial charge in [0.25, 0.3) is 0 Å². The molecule has 1 aromatic heterocycles. The Balaban J connectivity index is 1.56. The van der Waals surface area contributed by atoms with Crippen LogP contribution in [-0.4, -0.2) is 34.9 Å². The molecule has 0 aliphatic carbocycles. The molecule has 8 heteroatoms. The first-order chi connectivity index (χ1) is 15.5. The van der Waals surface area contributed by atoms with E-state index in [0.29, 0.717) is 30.1 Å². The molecule has 1 N–H and O–H groups in total. The molecule has 3 aromatic rings. The molecule has 1 amide bonds. The Morgan fingerprint density at radius 2 is 2.06 bits per heavy atom. The second-order valence-electron chi connectivity index (χ2n) is 7.73. The number of nitrogens with one attached hydrogen (secondary N) is 1. The lowest BCUT2D eigenvalue weighted by atomic mass is 10.1. The van der Waals surface area contributed by atoms with Crippen molar-refractivity contribution in [1.29, 1.82) is 0 Å². The van der Waals surface area contributed by atoms with Crippen LogP contribution in [0.5, 0.6) is 11.6 Å². The first kappa shape index (κ1) is 22.0. The Bertz CT molecular complexity index is 1080. The highest BCUT2D eigenvalue weighted by molar-refractivity contribution is 5.76. The number of amides is 1. The second-order valence-corrected chi connectivity index (χ2v) is 7.73. The maximum absolute atomic E-state index is 14.3. The van der Waals surface area contributed by atoms with Gasteiger partial charge in [0, 0.05) is 31.2 Å². The molecule has 168 valence electrons. The van der Waals surface area contributed by atoms with E-state index in [4.69, 9.17) is 9.47 Å². The number of aromatic nitrogens is 2. The third-order valence-electron chi connectivity index (χ3n) is 5.39. The van der Waals surface area contributed by atoms with Crippen molar-refractivity contribution in [3.8, 4) is 17.3 Å². The van der Waals surface area contributed by atoms with Crippen LogP contribution in [0.3, 0.4) is 0 Å². The van der Waals surface area contributed by atoms with Crippen molar-refractivity contribution >= 4 is 5.91 Å². The van der Waals surface area contributed by atoms with Crippen LogP contribution in [0.25, 0.3) is 5.69 Å². The van der Waals surface area contributed by atoms with Crippen LogP contribution in [0.2, 0.25) is 0 Å². The summed E-state index contributed by atoms with van der Waals surface area (Å²) < 4.78 is 40.6. The molecule has 1 unspecified atom stereocenters. The van der Waals surface area contributed by atoms with Crippen molar-refractivity contribution in [3.05, 3.63) is 71.4 Å². The molecule has 1 fully saturated rings. The fourth-order valence-electron chi connectivity index (χ4n) is 3.70. The number of halogens is 2. The zero-order chi connectivity index (χ0) is 22.5. The van der Waals surface area contributed by atoms with Crippen molar-refractivity contribution in [2.24, 2.45) is 0 Å². The maximum Gasteiger partial charge on any atom is 0.226 e. The van der Waals surface area contributed by atoms with Crippen LogP contribution < -0.4 is 10.1 Å². The maximum atomic E-state index is 14.3. The van der Waals surface area contributed by atoms with Gasteiger partial charge in [0.2, 0.25) is 11.8 Å². The van der Waals surface area contributed by atoms with Gasteiger partial charge in [-0.1, -0.05) is 18.2 Å². The summed E-state index contributed by atoms with van der Waals surface area (Å²) >= 11 is 0. The molecule has 0 spiro atoms. The summed E-state index contributed by atoms with van der Waals surface area (Å²) in [5, 5.41) is 7.46. The molecule has 1 atom stereocenters. The largest absolute Gasteiger partial charge is 0.436 e. The van der Waals surface area contributed by atoms with E-state index in [9.17, 15) is 13.6 Å². The summed E-state index contributed by atoms with van der Waals surface area (Å²) in [6, 6.07) is 12.4. The highest BCUT2D eigenvalue weighted by Gasteiger charge is 2.22. The van der Waals surface area contributed by atoms with E-state index in [1.54, 1.807) is 4.68 Å². The van der Waals surface area contributed by atoms with Crippen molar-refractivity contribution in [1.82, 2.24) is 15.1 Å². The Hall–Kier alpha value is -3.26. The summed E-state index contributed by atoms with van der Waals surface area (Å²) in [4.78, 5) is 12.4. The van der Waals surface area contributed by atoms with Crippen LogP contribution in [0.1, 0.15) is 30.5 Å². The molecule has 2 aromatic carbocycles. The monoisotopic (exact) mass is 441 g/mol. The predicted octanol–water partition coefficient (Wildman–Crippen LogP) is 4.48. The average Bonchev–Trinajstić information content (AvgIpc) is 3.41. The van der Waals surface area contributed by atoms with E-state index in [-0.39, 0.29) is 24.2 Å². The zero-order valence-electron chi connectivity index (χ0n) is 17.8. The van der Waals surface area contributed by atoms with E-state index in [2.05, 4.69) is 10.4 Å². The smallest absolute Gasteiger partial charge is 0.226 e. The van der Waals surface area contributed by atoms with Crippen molar-refractivity contribution in [3.63, 3.8) is 0 Å². The van der Waals surface area contributed by atoms with Gasteiger partial charge in [-0.05, 0) is 50.5 Å². The molecule has 0 radical (unpaired) electrons. The average molecular weight is 441 g/mol. The van der Waals surface area contributed by atoms with Crippen LogP contribution in [-0.2, 0) is 16.0 Å². The summed E-state index contributed by atoms with van der Waals surface area (Å²) in [5.41, 5.74) is 2.07. The number of hydrogen-bond donors (Lipinski definition) is 1. The number of carbonyl (C=O) groups excluding carboxylic acids is 1. The van der Waals surface area contributed by atoms with Crippen molar-refractivity contribution in [2.75, 3.05) is 13.2 Å². The molecular formula is C24H25F2N3O3. The van der Waals surface area contributed by atoms with Gasteiger partial charge in [-0.25, -0.2) is 13.5 Å². The number of aryl methyl sites for hydroxylation is 1. The molecule has 32 heavy (non-hydrogen) atoms. The number of rotatable bonds is 8. The van der Waals surface area contributed by atoms with Gasteiger partial charge >= 0.3 is 0 Å². The number of benzene rings is 2. The van der Waals surface area contributed by atoms with Gasteiger partial charge in [-0.3, -0.25) is 4.79 Å². The van der Waals surface area contributed by atoms with E-state index >= 15 is 0 Å². The van der Waals surface area contributed by atoms with Gasteiger partial charge in [-0.2, -0.15) is 5.10 Å². The van der Waals surface area contributed by atoms with Crippen LogP contribution in [0, 0.1) is 18.6 Å². The molecule has 1 aliphatic heterocycles. The van der Waals surface area contributed by atoms with Gasteiger partial charge < -0.3 is 14.8 Å². The molecule has 2 heterocycles. The molecule has 4 rings (SSSR count). The second kappa shape index (κ2) is 9.91. The first-order valence-corrected chi connectivity index (χ1v) is 10.7. The van der Waals surface area contributed by atoms with Gasteiger partial charge in [0.05, 0.1) is 17.5 Å².